The van der Waals surface area contributed by atoms with Crippen molar-refractivity contribution in [2.75, 3.05) is 0 Å². The zero-order valence-electron chi connectivity index (χ0n) is 11.9. The standard InChI is InChI=1S/C18H17ClOS/c1-13-9-11-15(12-10-13)21(20)18(19)17-8-4-6-14-5-2-3-7-16(14)17/h2-3,5,7,9-12H,4,6,8H2,1H3/b18-17-/t21-/m1/s1. The van der Waals surface area contributed by atoms with Crippen LogP contribution in [0.4, 0.5) is 0 Å². The van der Waals surface area contributed by atoms with Gasteiger partial charge in [-0.3, -0.25) is 0 Å². The van der Waals surface area contributed by atoms with Crippen LogP contribution in [0.1, 0.15) is 29.5 Å². The van der Waals surface area contributed by atoms with E-state index in [1.807, 2.05) is 43.3 Å². The van der Waals surface area contributed by atoms with Gasteiger partial charge in [-0.2, -0.15) is 0 Å². The van der Waals surface area contributed by atoms with Crippen LogP contribution in [-0.2, 0) is 17.2 Å². The fourth-order valence-corrected chi connectivity index (χ4v) is 4.19. The molecule has 0 aliphatic heterocycles. The zero-order chi connectivity index (χ0) is 14.8. The Bertz CT molecular complexity index is 716. The van der Waals surface area contributed by atoms with Crippen LogP contribution in [0.3, 0.4) is 0 Å². The average molecular weight is 317 g/mol. The maximum atomic E-state index is 12.7. The molecule has 3 heteroatoms. The number of hydrogen-bond acceptors (Lipinski definition) is 1. The van der Waals surface area contributed by atoms with Crippen LogP contribution in [0, 0.1) is 6.92 Å². The Hall–Kier alpha value is -1.38. The largest absolute Gasteiger partial charge is 0.248 e. The summed E-state index contributed by atoms with van der Waals surface area (Å²) in [6.07, 6.45) is 3.03. The fourth-order valence-electron chi connectivity index (χ4n) is 2.70. The molecule has 0 bridgehead atoms. The highest BCUT2D eigenvalue weighted by Crippen LogP contribution is 2.36. The van der Waals surface area contributed by atoms with Crippen molar-refractivity contribution in [3.8, 4) is 0 Å². The summed E-state index contributed by atoms with van der Waals surface area (Å²) in [5, 5.41) is 0. The third kappa shape index (κ3) is 2.97. The van der Waals surface area contributed by atoms with E-state index in [1.54, 1.807) is 0 Å². The topological polar surface area (TPSA) is 17.1 Å². The van der Waals surface area contributed by atoms with Gasteiger partial charge in [-0.1, -0.05) is 53.6 Å². The Kier molecular flexibility index (Phi) is 4.27. The monoisotopic (exact) mass is 316 g/mol. The molecular weight excluding hydrogens is 300 g/mol. The molecule has 0 heterocycles. The summed E-state index contributed by atoms with van der Waals surface area (Å²) >= 11 is 6.49. The number of halogens is 1. The van der Waals surface area contributed by atoms with Crippen molar-refractivity contribution in [3.05, 3.63) is 69.6 Å². The molecule has 0 saturated heterocycles. The maximum absolute atomic E-state index is 12.7. The molecule has 0 saturated carbocycles. The van der Waals surface area contributed by atoms with Gasteiger partial charge in [0.2, 0.25) is 0 Å². The van der Waals surface area contributed by atoms with E-state index in [0.29, 0.717) is 4.36 Å². The molecule has 0 radical (unpaired) electrons. The molecule has 0 aromatic heterocycles. The minimum absolute atomic E-state index is 0.478. The summed E-state index contributed by atoms with van der Waals surface area (Å²) in [4.78, 5) is 0.765. The summed E-state index contributed by atoms with van der Waals surface area (Å²) in [6, 6.07) is 16.0. The number of allylic oxidation sites excluding steroid dienone is 1. The second-order valence-corrected chi connectivity index (χ2v) is 7.36. The Morgan fingerprint density at radius 3 is 2.52 bits per heavy atom. The smallest absolute Gasteiger partial charge is 0.113 e. The van der Waals surface area contributed by atoms with Gasteiger partial charge in [0.25, 0.3) is 0 Å². The minimum Gasteiger partial charge on any atom is -0.248 e. The molecule has 1 aliphatic carbocycles. The van der Waals surface area contributed by atoms with Crippen LogP contribution < -0.4 is 0 Å². The lowest BCUT2D eigenvalue weighted by atomic mass is 9.88. The quantitative estimate of drug-likeness (QED) is 0.758. The Labute approximate surface area is 133 Å². The predicted octanol–water partition coefficient (Wildman–Crippen LogP) is 5.05. The first-order valence-corrected chi connectivity index (χ1v) is 8.65. The van der Waals surface area contributed by atoms with Gasteiger partial charge in [-0.05, 0) is 55.0 Å². The van der Waals surface area contributed by atoms with Crippen molar-refractivity contribution in [1.29, 1.82) is 0 Å². The fraction of sp³-hybridized carbons (Fsp3) is 0.222. The highest BCUT2D eigenvalue weighted by Gasteiger charge is 2.20. The number of fused-ring (bicyclic) bond motifs is 1. The average Bonchev–Trinajstić information content (AvgIpc) is 2.53. The van der Waals surface area contributed by atoms with Crippen LogP contribution in [0.2, 0.25) is 0 Å². The predicted molar refractivity (Wildman–Crippen MR) is 89.7 cm³/mol. The maximum Gasteiger partial charge on any atom is 0.113 e. The zero-order valence-corrected chi connectivity index (χ0v) is 13.5. The second-order valence-electron chi connectivity index (χ2n) is 5.34. The summed E-state index contributed by atoms with van der Waals surface area (Å²) in [5.74, 6) is 0. The summed E-state index contributed by atoms with van der Waals surface area (Å²) < 4.78 is 13.2. The van der Waals surface area contributed by atoms with E-state index in [2.05, 4.69) is 12.1 Å². The lowest BCUT2D eigenvalue weighted by Crippen LogP contribution is -2.04. The van der Waals surface area contributed by atoms with Gasteiger partial charge in [-0.15, -0.1) is 0 Å². The first kappa shape index (κ1) is 14.6. The van der Waals surface area contributed by atoms with Gasteiger partial charge in [0.15, 0.2) is 0 Å². The van der Waals surface area contributed by atoms with Crippen molar-refractivity contribution < 1.29 is 4.21 Å². The van der Waals surface area contributed by atoms with Crippen LogP contribution in [-0.4, -0.2) is 4.21 Å². The first-order chi connectivity index (χ1) is 10.2. The second kappa shape index (κ2) is 6.17. The van der Waals surface area contributed by atoms with Gasteiger partial charge in [0.1, 0.15) is 4.36 Å². The number of aryl methyl sites for hydroxylation is 2. The SMILES string of the molecule is Cc1ccc([S@@](=O)/C(Cl)=C2/CCCc3ccccc32)cc1. The van der Waals surface area contributed by atoms with Gasteiger partial charge >= 0.3 is 0 Å². The van der Waals surface area contributed by atoms with E-state index in [4.69, 9.17) is 11.6 Å². The molecule has 0 amide bonds. The summed E-state index contributed by atoms with van der Waals surface area (Å²) in [5.41, 5.74) is 4.66. The van der Waals surface area contributed by atoms with E-state index in [9.17, 15) is 4.21 Å². The molecule has 0 unspecified atom stereocenters. The van der Waals surface area contributed by atoms with Gasteiger partial charge in [0.05, 0.1) is 10.8 Å². The molecule has 1 aliphatic rings. The number of rotatable bonds is 2. The van der Waals surface area contributed by atoms with Crippen LogP contribution in [0.5, 0.6) is 0 Å². The van der Waals surface area contributed by atoms with Gasteiger partial charge < -0.3 is 0 Å². The van der Waals surface area contributed by atoms with E-state index >= 15 is 0 Å². The molecule has 1 nitrogen and oxygen atoms in total. The lowest BCUT2D eigenvalue weighted by Gasteiger charge is -2.20. The highest BCUT2D eigenvalue weighted by molar-refractivity contribution is 7.91. The number of hydrogen-bond donors (Lipinski definition) is 0. The molecule has 2 aromatic carbocycles. The molecule has 3 rings (SSSR count). The first-order valence-electron chi connectivity index (χ1n) is 7.12. The molecule has 21 heavy (non-hydrogen) atoms. The molecule has 0 fully saturated rings. The van der Waals surface area contributed by atoms with Crippen molar-refractivity contribution in [1.82, 2.24) is 0 Å². The Balaban J connectivity index is 2.03. The van der Waals surface area contributed by atoms with Crippen LogP contribution in [0.15, 0.2) is 57.8 Å². The Morgan fingerprint density at radius 1 is 1.05 bits per heavy atom. The lowest BCUT2D eigenvalue weighted by molar-refractivity contribution is 0.687. The van der Waals surface area contributed by atoms with Crippen molar-refractivity contribution >= 4 is 28.0 Å². The highest BCUT2D eigenvalue weighted by atomic mass is 35.5. The molecule has 0 N–H and O–H groups in total. The normalized spacial score (nSPS) is 18.0. The van der Waals surface area contributed by atoms with Gasteiger partial charge in [0, 0.05) is 4.90 Å². The van der Waals surface area contributed by atoms with Crippen molar-refractivity contribution in [2.24, 2.45) is 0 Å². The molecule has 108 valence electrons. The number of benzene rings is 2. The summed E-state index contributed by atoms with van der Waals surface area (Å²) in [6.45, 7) is 2.02. The van der Waals surface area contributed by atoms with E-state index < -0.39 is 10.8 Å². The van der Waals surface area contributed by atoms with Gasteiger partial charge in [-0.25, -0.2) is 4.21 Å². The van der Waals surface area contributed by atoms with Crippen LogP contribution >= 0.6 is 11.6 Å². The van der Waals surface area contributed by atoms with Crippen molar-refractivity contribution in [2.45, 2.75) is 31.1 Å². The van der Waals surface area contributed by atoms with E-state index in [0.717, 1.165) is 40.9 Å². The molecule has 1 atom stereocenters. The third-order valence-electron chi connectivity index (χ3n) is 3.85. The minimum atomic E-state index is -1.30. The van der Waals surface area contributed by atoms with E-state index in [-0.39, 0.29) is 0 Å². The summed E-state index contributed by atoms with van der Waals surface area (Å²) in [7, 11) is -1.30. The molecule has 2 aromatic rings. The van der Waals surface area contributed by atoms with E-state index in [1.165, 1.54) is 5.56 Å². The van der Waals surface area contributed by atoms with Crippen LogP contribution in [0.25, 0.3) is 5.57 Å². The Morgan fingerprint density at radius 2 is 1.76 bits per heavy atom. The molecule has 0 spiro atoms. The third-order valence-corrected chi connectivity index (χ3v) is 5.77. The molecular formula is C18H17ClOS. The van der Waals surface area contributed by atoms with Crippen molar-refractivity contribution in [3.63, 3.8) is 0 Å².